The van der Waals surface area contributed by atoms with Gasteiger partial charge in [0, 0.05) is 16.1 Å². The lowest BCUT2D eigenvalue weighted by molar-refractivity contribution is 0.102. The van der Waals surface area contributed by atoms with Crippen LogP contribution in [0.5, 0.6) is 0 Å². The van der Waals surface area contributed by atoms with Crippen LogP contribution in [0.25, 0.3) is 0 Å². The standard InChI is InChI=1S/C14H10ClNO2S/c15-11-3-1-4-12(8-11)16-14(18)10-7-13(19-9-10)5-2-6-17/h1,3-4,7-9,17H,6H2,(H,16,18). The fraction of sp³-hybridized carbons (Fsp3) is 0.0714. The lowest BCUT2D eigenvalue weighted by Crippen LogP contribution is -2.10. The second-order valence-corrected chi connectivity index (χ2v) is 4.97. The molecule has 1 aromatic heterocycles. The summed E-state index contributed by atoms with van der Waals surface area (Å²) in [6.07, 6.45) is 0. The second-order valence-electron chi connectivity index (χ2n) is 3.62. The molecule has 2 N–H and O–H groups in total. The first kappa shape index (κ1) is 13.6. The molecule has 3 nitrogen and oxygen atoms in total. The molecule has 0 saturated heterocycles. The summed E-state index contributed by atoms with van der Waals surface area (Å²) in [6.45, 7) is -0.193. The summed E-state index contributed by atoms with van der Waals surface area (Å²) >= 11 is 7.20. The molecular weight excluding hydrogens is 282 g/mol. The first-order chi connectivity index (χ1) is 9.19. The van der Waals surface area contributed by atoms with E-state index in [1.807, 2.05) is 0 Å². The molecule has 0 fully saturated rings. The van der Waals surface area contributed by atoms with E-state index < -0.39 is 0 Å². The Bertz CT molecular complexity index is 655. The maximum atomic E-state index is 12.0. The highest BCUT2D eigenvalue weighted by Crippen LogP contribution is 2.18. The molecule has 96 valence electrons. The van der Waals surface area contributed by atoms with Crippen molar-refractivity contribution in [3.8, 4) is 11.8 Å². The maximum absolute atomic E-state index is 12.0. The fourth-order valence-corrected chi connectivity index (χ4v) is 2.36. The monoisotopic (exact) mass is 291 g/mol. The second kappa shape index (κ2) is 6.39. The number of hydrogen-bond donors (Lipinski definition) is 2. The van der Waals surface area contributed by atoms with Gasteiger partial charge in [0.15, 0.2) is 0 Å². The molecule has 0 bridgehead atoms. The number of aliphatic hydroxyl groups is 1. The number of amides is 1. The Morgan fingerprint density at radius 2 is 2.26 bits per heavy atom. The van der Waals surface area contributed by atoms with E-state index in [1.165, 1.54) is 11.3 Å². The molecule has 0 aliphatic rings. The van der Waals surface area contributed by atoms with Crippen LogP contribution in [0.15, 0.2) is 35.7 Å². The molecule has 0 saturated carbocycles. The average Bonchev–Trinajstić information content (AvgIpc) is 2.85. The molecule has 1 heterocycles. The highest BCUT2D eigenvalue weighted by molar-refractivity contribution is 7.10. The van der Waals surface area contributed by atoms with Crippen molar-refractivity contribution in [1.29, 1.82) is 0 Å². The zero-order chi connectivity index (χ0) is 13.7. The number of anilines is 1. The third-order valence-corrected chi connectivity index (χ3v) is 3.32. The zero-order valence-electron chi connectivity index (χ0n) is 9.81. The van der Waals surface area contributed by atoms with Crippen LogP contribution in [0.1, 0.15) is 15.2 Å². The minimum atomic E-state index is -0.212. The van der Waals surface area contributed by atoms with Gasteiger partial charge in [-0.1, -0.05) is 29.5 Å². The minimum absolute atomic E-state index is 0.193. The van der Waals surface area contributed by atoms with Crippen molar-refractivity contribution < 1.29 is 9.90 Å². The summed E-state index contributed by atoms with van der Waals surface area (Å²) in [7, 11) is 0. The number of rotatable bonds is 2. The lowest BCUT2D eigenvalue weighted by atomic mass is 10.2. The summed E-state index contributed by atoms with van der Waals surface area (Å²) < 4.78 is 0. The van der Waals surface area contributed by atoms with Crippen molar-refractivity contribution in [3.63, 3.8) is 0 Å². The molecule has 19 heavy (non-hydrogen) atoms. The molecule has 1 aromatic carbocycles. The van der Waals surface area contributed by atoms with Gasteiger partial charge < -0.3 is 10.4 Å². The zero-order valence-corrected chi connectivity index (χ0v) is 11.4. The highest BCUT2D eigenvalue weighted by atomic mass is 35.5. The highest BCUT2D eigenvalue weighted by Gasteiger charge is 2.08. The third kappa shape index (κ3) is 3.83. The van der Waals surface area contributed by atoms with Gasteiger partial charge in [-0.2, -0.15) is 0 Å². The van der Waals surface area contributed by atoms with Gasteiger partial charge in [0.2, 0.25) is 0 Å². The summed E-state index contributed by atoms with van der Waals surface area (Å²) in [5.41, 5.74) is 1.18. The molecule has 2 rings (SSSR count). The number of carbonyl (C=O) groups is 1. The summed E-state index contributed by atoms with van der Waals surface area (Å²) in [5.74, 6) is 5.09. The van der Waals surface area contributed by atoms with Crippen LogP contribution >= 0.6 is 22.9 Å². The van der Waals surface area contributed by atoms with Gasteiger partial charge in [-0.3, -0.25) is 4.79 Å². The van der Waals surface area contributed by atoms with E-state index in [4.69, 9.17) is 16.7 Å². The van der Waals surface area contributed by atoms with Crippen LogP contribution in [0.2, 0.25) is 5.02 Å². The van der Waals surface area contributed by atoms with Gasteiger partial charge in [0.05, 0.1) is 10.4 Å². The Kier molecular flexibility index (Phi) is 4.58. The van der Waals surface area contributed by atoms with Crippen LogP contribution in [0, 0.1) is 11.8 Å². The lowest BCUT2D eigenvalue weighted by Gasteiger charge is -2.03. The summed E-state index contributed by atoms with van der Waals surface area (Å²) in [5, 5.41) is 13.6. The third-order valence-electron chi connectivity index (χ3n) is 2.23. The van der Waals surface area contributed by atoms with E-state index in [9.17, 15) is 4.79 Å². The van der Waals surface area contributed by atoms with Gasteiger partial charge in [0.1, 0.15) is 6.61 Å². The van der Waals surface area contributed by atoms with Crippen molar-refractivity contribution >= 4 is 34.5 Å². The van der Waals surface area contributed by atoms with Crippen LogP contribution in [0.3, 0.4) is 0 Å². The molecule has 2 aromatic rings. The fourth-order valence-electron chi connectivity index (χ4n) is 1.42. The molecule has 0 atom stereocenters. The predicted octanol–water partition coefficient (Wildman–Crippen LogP) is 3.00. The molecular formula is C14H10ClNO2S. The average molecular weight is 292 g/mol. The maximum Gasteiger partial charge on any atom is 0.256 e. The summed E-state index contributed by atoms with van der Waals surface area (Å²) in [4.78, 5) is 12.7. The molecule has 0 unspecified atom stereocenters. The predicted molar refractivity (Wildman–Crippen MR) is 77.7 cm³/mol. The Morgan fingerprint density at radius 1 is 1.42 bits per heavy atom. The van der Waals surface area contributed by atoms with Gasteiger partial charge >= 0.3 is 0 Å². The number of carbonyl (C=O) groups excluding carboxylic acids is 1. The van der Waals surface area contributed by atoms with Crippen molar-refractivity contribution in [3.05, 3.63) is 51.2 Å². The Labute approximate surface area is 119 Å². The van der Waals surface area contributed by atoms with Gasteiger partial charge in [-0.05, 0) is 24.3 Å². The molecule has 0 spiro atoms. The van der Waals surface area contributed by atoms with Gasteiger partial charge in [0.25, 0.3) is 5.91 Å². The van der Waals surface area contributed by atoms with Crippen LogP contribution in [-0.2, 0) is 0 Å². The molecule has 0 aliphatic heterocycles. The van der Waals surface area contributed by atoms with Crippen molar-refractivity contribution in [2.45, 2.75) is 0 Å². The molecule has 1 amide bonds. The largest absolute Gasteiger partial charge is 0.384 e. The first-order valence-electron chi connectivity index (χ1n) is 5.44. The Hall–Kier alpha value is -1.80. The minimum Gasteiger partial charge on any atom is -0.384 e. The Balaban J connectivity index is 2.10. The van der Waals surface area contributed by atoms with Crippen LogP contribution in [0.4, 0.5) is 5.69 Å². The first-order valence-corrected chi connectivity index (χ1v) is 6.70. The van der Waals surface area contributed by atoms with Crippen molar-refractivity contribution in [1.82, 2.24) is 0 Å². The number of thiophene rings is 1. The van der Waals surface area contributed by atoms with Crippen LogP contribution < -0.4 is 5.32 Å². The Morgan fingerprint density at radius 3 is 3.00 bits per heavy atom. The normalized spacial score (nSPS) is 9.58. The van der Waals surface area contributed by atoms with E-state index in [2.05, 4.69) is 17.2 Å². The smallest absolute Gasteiger partial charge is 0.256 e. The van der Waals surface area contributed by atoms with Gasteiger partial charge in [-0.25, -0.2) is 0 Å². The van der Waals surface area contributed by atoms with E-state index >= 15 is 0 Å². The van der Waals surface area contributed by atoms with E-state index in [0.717, 1.165) is 4.88 Å². The van der Waals surface area contributed by atoms with Crippen molar-refractivity contribution in [2.24, 2.45) is 0 Å². The topological polar surface area (TPSA) is 49.3 Å². The number of hydrogen-bond acceptors (Lipinski definition) is 3. The quantitative estimate of drug-likeness (QED) is 0.836. The number of benzene rings is 1. The molecule has 0 aliphatic carbocycles. The SMILES string of the molecule is O=C(Nc1cccc(Cl)c1)c1csc(C#CCO)c1. The number of halogens is 1. The van der Waals surface area contributed by atoms with E-state index in [1.54, 1.807) is 35.7 Å². The van der Waals surface area contributed by atoms with Gasteiger partial charge in [-0.15, -0.1) is 11.3 Å². The van der Waals surface area contributed by atoms with Crippen molar-refractivity contribution in [2.75, 3.05) is 11.9 Å². The molecule has 5 heteroatoms. The van der Waals surface area contributed by atoms with E-state index in [-0.39, 0.29) is 12.5 Å². The molecule has 0 radical (unpaired) electrons. The summed E-state index contributed by atoms with van der Waals surface area (Å²) in [6, 6.07) is 8.64. The number of nitrogens with one attached hydrogen (secondary N) is 1. The number of aliphatic hydroxyl groups excluding tert-OH is 1. The van der Waals surface area contributed by atoms with Crippen LogP contribution in [-0.4, -0.2) is 17.6 Å². The van der Waals surface area contributed by atoms with E-state index in [0.29, 0.717) is 16.3 Å².